The van der Waals surface area contributed by atoms with E-state index in [1.807, 2.05) is 19.1 Å². The zero-order chi connectivity index (χ0) is 20.0. The minimum Gasteiger partial charge on any atom is -0.455 e. The van der Waals surface area contributed by atoms with E-state index in [0.717, 1.165) is 46.1 Å². The van der Waals surface area contributed by atoms with Gasteiger partial charge in [0.05, 0.1) is 5.71 Å². The second kappa shape index (κ2) is 7.20. The highest BCUT2D eigenvalue weighted by atomic mass is 35.5. The molecule has 0 fully saturated rings. The molecule has 0 aliphatic heterocycles. The number of halogens is 1. The van der Waals surface area contributed by atoms with Crippen molar-refractivity contribution in [3.05, 3.63) is 89.0 Å². The quantitative estimate of drug-likeness (QED) is 0.255. The summed E-state index contributed by atoms with van der Waals surface area (Å²) in [5.74, 6) is 0. The highest BCUT2D eigenvalue weighted by Gasteiger charge is 2.23. The van der Waals surface area contributed by atoms with Gasteiger partial charge in [0.15, 0.2) is 0 Å². The average Bonchev–Trinajstić information content (AvgIpc) is 3.12. The Kier molecular flexibility index (Phi) is 4.52. The van der Waals surface area contributed by atoms with E-state index < -0.39 is 0 Å². The van der Waals surface area contributed by atoms with Gasteiger partial charge in [-0.2, -0.15) is 0 Å². The number of benzene rings is 3. The van der Waals surface area contributed by atoms with E-state index in [1.165, 1.54) is 22.3 Å². The van der Waals surface area contributed by atoms with Crippen LogP contribution in [0.2, 0.25) is 0 Å². The van der Waals surface area contributed by atoms with Crippen molar-refractivity contribution in [2.24, 2.45) is 4.99 Å². The Morgan fingerprint density at radius 3 is 2.55 bits per heavy atom. The maximum Gasteiger partial charge on any atom is 0.142 e. The third kappa shape index (κ3) is 3.08. The molecule has 0 N–H and O–H groups in total. The summed E-state index contributed by atoms with van der Waals surface area (Å²) in [6.07, 6.45) is 1.95. The van der Waals surface area contributed by atoms with Gasteiger partial charge in [-0.05, 0) is 49.5 Å². The largest absolute Gasteiger partial charge is 0.455 e. The lowest BCUT2D eigenvalue weighted by atomic mass is 9.82. The smallest absolute Gasteiger partial charge is 0.142 e. The molecule has 0 saturated heterocycles. The van der Waals surface area contributed by atoms with Crippen molar-refractivity contribution in [2.45, 2.75) is 32.2 Å². The minimum atomic E-state index is -0.277. The Morgan fingerprint density at radius 1 is 0.931 bits per heavy atom. The fourth-order valence-electron chi connectivity index (χ4n) is 4.41. The van der Waals surface area contributed by atoms with E-state index in [-0.39, 0.29) is 5.50 Å². The minimum absolute atomic E-state index is 0.277. The number of nitrogens with zero attached hydrogens (tertiary/aromatic N) is 1. The van der Waals surface area contributed by atoms with Crippen LogP contribution in [0.15, 0.2) is 81.7 Å². The Hall–Kier alpha value is -2.84. The number of aliphatic imine (C=N–C) groups is 1. The molecule has 4 aromatic rings. The molecule has 1 aliphatic rings. The molecule has 144 valence electrons. The number of allylic oxidation sites excluding steroid dienone is 2. The summed E-state index contributed by atoms with van der Waals surface area (Å²) in [5.41, 5.74) is 8.72. The van der Waals surface area contributed by atoms with Gasteiger partial charge in [-0.1, -0.05) is 72.3 Å². The Morgan fingerprint density at radius 2 is 1.69 bits per heavy atom. The van der Waals surface area contributed by atoms with Crippen LogP contribution in [-0.2, 0) is 6.42 Å². The number of hydrogen-bond acceptors (Lipinski definition) is 2. The third-order valence-corrected chi connectivity index (χ3v) is 5.87. The standard InChI is InChI=1S/C26H22ClNO/c1-16(19-15-14-18-8-3-4-9-21(18)25(19)28-17(2)27)20-11-7-12-23-22-10-5-6-13-24(22)29-26(20)23/h3-13,17H,14-15H2,1-2H3/b19-16+,28-25?. The first-order chi connectivity index (χ1) is 14.1. The summed E-state index contributed by atoms with van der Waals surface area (Å²) in [6, 6.07) is 23.1. The average molecular weight is 400 g/mol. The van der Waals surface area contributed by atoms with Crippen LogP contribution < -0.4 is 0 Å². The van der Waals surface area contributed by atoms with Crippen molar-refractivity contribution in [2.75, 3.05) is 0 Å². The number of hydrogen-bond donors (Lipinski definition) is 0. The van der Waals surface area contributed by atoms with Gasteiger partial charge in [-0.15, -0.1) is 0 Å². The van der Waals surface area contributed by atoms with Crippen molar-refractivity contribution in [3.8, 4) is 0 Å². The van der Waals surface area contributed by atoms with Crippen LogP contribution in [0.3, 0.4) is 0 Å². The van der Waals surface area contributed by atoms with Crippen LogP contribution in [0.25, 0.3) is 27.5 Å². The Labute approximate surface area is 175 Å². The van der Waals surface area contributed by atoms with E-state index in [0.29, 0.717) is 0 Å². The number of para-hydroxylation sites is 2. The van der Waals surface area contributed by atoms with Crippen molar-refractivity contribution < 1.29 is 4.42 Å². The maximum atomic E-state index is 6.31. The number of rotatable bonds is 2. The van der Waals surface area contributed by atoms with Crippen molar-refractivity contribution in [1.29, 1.82) is 0 Å². The number of fused-ring (bicyclic) bond motifs is 4. The SMILES string of the molecule is C/C(=C1/CCc2ccccc2C1=NC(C)Cl)c1cccc2c1oc1ccccc12. The first kappa shape index (κ1) is 18.2. The van der Waals surface area contributed by atoms with E-state index in [9.17, 15) is 0 Å². The molecule has 0 spiro atoms. The van der Waals surface area contributed by atoms with Crippen LogP contribution in [0.1, 0.15) is 37.0 Å². The molecule has 2 nitrogen and oxygen atoms in total. The van der Waals surface area contributed by atoms with Gasteiger partial charge in [0, 0.05) is 21.9 Å². The highest BCUT2D eigenvalue weighted by Crippen LogP contribution is 2.37. The maximum absolute atomic E-state index is 6.31. The fraction of sp³-hybridized carbons (Fsp3) is 0.192. The lowest BCUT2D eigenvalue weighted by Gasteiger charge is -2.24. The van der Waals surface area contributed by atoms with E-state index in [1.54, 1.807) is 0 Å². The van der Waals surface area contributed by atoms with Crippen LogP contribution in [0.4, 0.5) is 0 Å². The second-order valence-electron chi connectivity index (χ2n) is 7.59. The molecule has 1 aliphatic carbocycles. The van der Waals surface area contributed by atoms with E-state index in [2.05, 4.69) is 61.5 Å². The predicted molar refractivity (Wildman–Crippen MR) is 123 cm³/mol. The summed E-state index contributed by atoms with van der Waals surface area (Å²) in [6.45, 7) is 4.10. The number of alkyl halides is 1. The zero-order valence-corrected chi connectivity index (χ0v) is 17.3. The van der Waals surface area contributed by atoms with Gasteiger partial charge >= 0.3 is 0 Å². The van der Waals surface area contributed by atoms with Crippen LogP contribution >= 0.6 is 11.6 Å². The summed E-state index contributed by atoms with van der Waals surface area (Å²) in [5, 5.41) is 2.30. The van der Waals surface area contributed by atoms with Crippen molar-refractivity contribution >= 4 is 44.8 Å². The molecular weight excluding hydrogens is 378 g/mol. The Balaban J connectivity index is 1.76. The van der Waals surface area contributed by atoms with Crippen LogP contribution in [0, 0.1) is 0 Å². The summed E-state index contributed by atoms with van der Waals surface area (Å²) in [7, 11) is 0. The molecular formula is C26H22ClNO. The topological polar surface area (TPSA) is 25.5 Å². The highest BCUT2D eigenvalue weighted by molar-refractivity contribution is 6.24. The molecule has 1 atom stereocenters. The molecule has 5 rings (SSSR count). The molecule has 0 radical (unpaired) electrons. The molecule has 1 unspecified atom stereocenters. The Bertz CT molecular complexity index is 1290. The molecule has 0 amide bonds. The van der Waals surface area contributed by atoms with Crippen molar-refractivity contribution in [3.63, 3.8) is 0 Å². The summed E-state index contributed by atoms with van der Waals surface area (Å²) >= 11 is 6.31. The summed E-state index contributed by atoms with van der Waals surface area (Å²) in [4.78, 5) is 4.82. The third-order valence-electron chi connectivity index (χ3n) is 5.77. The monoisotopic (exact) mass is 399 g/mol. The molecule has 0 bridgehead atoms. The number of aryl methyl sites for hydroxylation is 1. The molecule has 3 heteroatoms. The van der Waals surface area contributed by atoms with Gasteiger partial charge in [-0.3, -0.25) is 4.99 Å². The van der Waals surface area contributed by atoms with Gasteiger partial charge < -0.3 is 4.42 Å². The number of furan rings is 1. The van der Waals surface area contributed by atoms with Crippen LogP contribution in [0.5, 0.6) is 0 Å². The van der Waals surface area contributed by atoms with E-state index >= 15 is 0 Å². The lowest BCUT2D eigenvalue weighted by molar-refractivity contribution is 0.667. The van der Waals surface area contributed by atoms with Gasteiger partial charge in [0.25, 0.3) is 0 Å². The van der Waals surface area contributed by atoms with Gasteiger partial charge in [0.2, 0.25) is 0 Å². The molecule has 1 heterocycles. The molecule has 29 heavy (non-hydrogen) atoms. The first-order valence-corrected chi connectivity index (χ1v) is 10.5. The molecule has 0 saturated carbocycles. The van der Waals surface area contributed by atoms with Crippen molar-refractivity contribution in [1.82, 2.24) is 0 Å². The first-order valence-electron chi connectivity index (χ1n) is 10.0. The van der Waals surface area contributed by atoms with E-state index in [4.69, 9.17) is 21.0 Å². The lowest BCUT2D eigenvalue weighted by Crippen LogP contribution is -2.17. The zero-order valence-electron chi connectivity index (χ0n) is 16.6. The van der Waals surface area contributed by atoms with Gasteiger partial charge in [-0.25, -0.2) is 0 Å². The molecule has 3 aromatic carbocycles. The predicted octanol–water partition coefficient (Wildman–Crippen LogP) is 7.38. The fourth-order valence-corrected chi connectivity index (χ4v) is 4.50. The summed E-state index contributed by atoms with van der Waals surface area (Å²) < 4.78 is 6.28. The van der Waals surface area contributed by atoms with Gasteiger partial charge in [0.1, 0.15) is 16.7 Å². The molecule has 1 aromatic heterocycles. The second-order valence-corrected chi connectivity index (χ2v) is 8.22. The normalized spacial score (nSPS) is 18.2. The van der Waals surface area contributed by atoms with Crippen LogP contribution in [-0.4, -0.2) is 11.2 Å².